The van der Waals surface area contributed by atoms with E-state index in [1.807, 2.05) is 0 Å². The third-order valence-corrected chi connectivity index (χ3v) is 12.1. The first-order valence-electron chi connectivity index (χ1n) is 14.5. The number of carbonyl (C=O) groups is 1. The Labute approximate surface area is 203 Å². The molecule has 4 fully saturated rings. The van der Waals surface area contributed by atoms with Crippen LogP contribution in [0.1, 0.15) is 112 Å². The van der Waals surface area contributed by atoms with E-state index in [9.17, 15) is 4.79 Å². The molecule has 0 heterocycles. The lowest BCUT2D eigenvalue weighted by atomic mass is 9.47. The second-order valence-electron chi connectivity index (χ2n) is 13.9. The molecule has 0 aliphatic heterocycles. The van der Waals surface area contributed by atoms with Crippen LogP contribution in [0.2, 0.25) is 0 Å². The molecule has 0 aromatic rings. The molecule has 2 nitrogen and oxygen atoms in total. The number of ether oxygens (including phenoxy) is 1. The van der Waals surface area contributed by atoms with Crippen molar-refractivity contribution in [3.63, 3.8) is 0 Å². The van der Waals surface area contributed by atoms with Gasteiger partial charge in [-0.25, -0.2) is 0 Å². The van der Waals surface area contributed by atoms with Gasteiger partial charge >= 0.3 is 5.97 Å². The normalized spacial score (nSPS) is 48.1. The van der Waals surface area contributed by atoms with Crippen LogP contribution in [0.25, 0.3) is 0 Å². The number of fused-ring (bicyclic) bond motifs is 5. The van der Waals surface area contributed by atoms with Crippen molar-refractivity contribution in [2.24, 2.45) is 58.2 Å². The quantitative estimate of drug-likeness (QED) is 0.298. The smallest absolute Gasteiger partial charge is 0.302 e. The lowest BCUT2D eigenvalue weighted by Gasteiger charge is -2.58. The van der Waals surface area contributed by atoms with Crippen molar-refractivity contribution in [3.05, 3.63) is 11.6 Å². The predicted octanol–water partition coefficient (Wildman–Crippen LogP) is 8.21. The summed E-state index contributed by atoms with van der Waals surface area (Å²) in [6.45, 7) is 14.4. The second-order valence-corrected chi connectivity index (χ2v) is 13.9. The Morgan fingerprint density at radius 1 is 1.06 bits per heavy atom. The molecule has 0 N–H and O–H groups in total. The van der Waals surface area contributed by atoms with Crippen LogP contribution in [0, 0.1) is 58.2 Å². The van der Waals surface area contributed by atoms with Crippen molar-refractivity contribution < 1.29 is 9.53 Å². The third-order valence-electron chi connectivity index (χ3n) is 12.1. The topological polar surface area (TPSA) is 26.3 Å². The Bertz CT molecular complexity index is 784. The number of esters is 1. The van der Waals surface area contributed by atoms with E-state index in [0.717, 1.165) is 60.2 Å². The Morgan fingerprint density at radius 2 is 1.79 bits per heavy atom. The molecule has 0 amide bonds. The molecule has 5 aliphatic carbocycles. The second kappa shape index (κ2) is 8.70. The first kappa shape index (κ1) is 23.9. The standard InChI is InChI=1S/C31H50O2/c1-19(26-17-21(26)3)7-8-20(2)27-11-12-28-25-10-9-23-18-24(33-22(4)32)13-15-30(23,5)29(25)14-16-31(27,28)6/h9,19-21,24-29H,7-8,10-18H2,1-6H3. The Morgan fingerprint density at radius 3 is 2.48 bits per heavy atom. The number of allylic oxidation sites excluding steroid dienone is 1. The van der Waals surface area contributed by atoms with E-state index >= 15 is 0 Å². The van der Waals surface area contributed by atoms with Crippen LogP contribution in [0.15, 0.2) is 11.6 Å². The van der Waals surface area contributed by atoms with Gasteiger partial charge in [0.15, 0.2) is 0 Å². The van der Waals surface area contributed by atoms with Crippen molar-refractivity contribution in [2.45, 2.75) is 118 Å². The predicted molar refractivity (Wildman–Crippen MR) is 136 cm³/mol. The minimum absolute atomic E-state index is 0.113. The lowest BCUT2D eigenvalue weighted by molar-refractivity contribution is -0.148. The maximum Gasteiger partial charge on any atom is 0.302 e. The van der Waals surface area contributed by atoms with E-state index in [-0.39, 0.29) is 12.1 Å². The highest BCUT2D eigenvalue weighted by Gasteiger charge is 2.59. The molecule has 2 heteroatoms. The molecule has 4 saturated carbocycles. The van der Waals surface area contributed by atoms with E-state index in [0.29, 0.717) is 10.8 Å². The van der Waals surface area contributed by atoms with Gasteiger partial charge in [0.25, 0.3) is 0 Å². The summed E-state index contributed by atoms with van der Waals surface area (Å²) in [6, 6.07) is 0. The fraction of sp³-hybridized carbons (Fsp3) is 0.903. The number of rotatable bonds is 6. The summed E-state index contributed by atoms with van der Waals surface area (Å²) in [6.07, 6.45) is 17.4. The van der Waals surface area contributed by atoms with E-state index < -0.39 is 0 Å². The van der Waals surface area contributed by atoms with Gasteiger partial charge in [0.2, 0.25) is 0 Å². The average Bonchev–Trinajstić information content (AvgIpc) is 3.38. The van der Waals surface area contributed by atoms with Gasteiger partial charge in [-0.2, -0.15) is 0 Å². The molecule has 5 rings (SSSR count). The maximum atomic E-state index is 11.5. The van der Waals surface area contributed by atoms with Crippen molar-refractivity contribution in [3.8, 4) is 0 Å². The molecule has 0 aromatic carbocycles. The molecule has 186 valence electrons. The van der Waals surface area contributed by atoms with Crippen LogP contribution in [0.4, 0.5) is 0 Å². The number of hydrogen-bond acceptors (Lipinski definition) is 2. The van der Waals surface area contributed by atoms with Crippen molar-refractivity contribution in [2.75, 3.05) is 0 Å². The van der Waals surface area contributed by atoms with Gasteiger partial charge in [0, 0.05) is 13.3 Å². The van der Waals surface area contributed by atoms with Crippen LogP contribution in [0.3, 0.4) is 0 Å². The molecule has 33 heavy (non-hydrogen) atoms. The summed E-state index contributed by atoms with van der Waals surface area (Å²) >= 11 is 0. The molecule has 0 spiro atoms. The zero-order valence-electron chi connectivity index (χ0n) is 22.4. The van der Waals surface area contributed by atoms with Crippen molar-refractivity contribution in [1.29, 1.82) is 0 Å². The molecule has 0 radical (unpaired) electrons. The summed E-state index contributed by atoms with van der Waals surface area (Å²) in [5, 5.41) is 0. The van der Waals surface area contributed by atoms with E-state index in [2.05, 4.69) is 40.7 Å². The van der Waals surface area contributed by atoms with Gasteiger partial charge < -0.3 is 4.74 Å². The van der Waals surface area contributed by atoms with E-state index in [1.54, 1.807) is 12.5 Å². The van der Waals surface area contributed by atoms with Crippen LogP contribution >= 0.6 is 0 Å². The molecule has 5 aliphatic rings. The summed E-state index contributed by atoms with van der Waals surface area (Å²) in [4.78, 5) is 11.5. The van der Waals surface area contributed by atoms with Crippen LogP contribution < -0.4 is 0 Å². The SMILES string of the molecule is CC(=O)OC1CCC2(C)C(=CCC3C2CCC2(C)C(C(C)CCC(C)C4CC4C)CCC32)C1. The maximum absolute atomic E-state index is 11.5. The van der Waals surface area contributed by atoms with Gasteiger partial charge in [-0.1, -0.05) is 59.1 Å². The number of carbonyl (C=O) groups excluding carboxylic acids is 1. The lowest BCUT2D eigenvalue weighted by Crippen LogP contribution is -2.51. The molecular weight excluding hydrogens is 404 g/mol. The Balaban J connectivity index is 1.26. The Kier molecular flexibility index (Phi) is 6.31. The highest BCUT2D eigenvalue weighted by Crippen LogP contribution is 2.67. The fourth-order valence-electron chi connectivity index (χ4n) is 10.0. The Hall–Kier alpha value is -0.790. The average molecular weight is 455 g/mol. The van der Waals surface area contributed by atoms with E-state index in [4.69, 9.17) is 4.74 Å². The van der Waals surface area contributed by atoms with Crippen molar-refractivity contribution >= 4 is 5.97 Å². The first-order chi connectivity index (χ1) is 15.6. The van der Waals surface area contributed by atoms with Gasteiger partial charge in [-0.15, -0.1) is 0 Å². The zero-order valence-corrected chi connectivity index (χ0v) is 22.4. The highest BCUT2D eigenvalue weighted by molar-refractivity contribution is 5.66. The minimum Gasteiger partial charge on any atom is -0.462 e. The zero-order chi connectivity index (χ0) is 23.5. The van der Waals surface area contributed by atoms with Gasteiger partial charge in [0.05, 0.1) is 0 Å². The monoisotopic (exact) mass is 454 g/mol. The van der Waals surface area contributed by atoms with E-state index in [1.165, 1.54) is 57.8 Å². The largest absolute Gasteiger partial charge is 0.462 e. The summed E-state index contributed by atoms with van der Waals surface area (Å²) < 4.78 is 5.63. The van der Waals surface area contributed by atoms with Crippen LogP contribution in [-0.4, -0.2) is 12.1 Å². The minimum atomic E-state index is -0.113. The number of hydrogen-bond donors (Lipinski definition) is 0. The molecular formula is C31H50O2. The van der Waals surface area contributed by atoms with Crippen molar-refractivity contribution in [1.82, 2.24) is 0 Å². The highest BCUT2D eigenvalue weighted by atomic mass is 16.5. The summed E-state index contributed by atoms with van der Waals surface area (Å²) in [5.41, 5.74) is 2.53. The van der Waals surface area contributed by atoms with Gasteiger partial charge in [-0.3, -0.25) is 4.79 Å². The first-order valence-corrected chi connectivity index (χ1v) is 14.5. The van der Waals surface area contributed by atoms with Gasteiger partial charge in [-0.05, 0) is 110 Å². The molecule has 0 aromatic heterocycles. The molecule has 11 unspecified atom stereocenters. The summed E-state index contributed by atoms with van der Waals surface area (Å²) in [5.74, 6) is 7.32. The molecule has 0 saturated heterocycles. The third kappa shape index (κ3) is 4.14. The molecule has 11 atom stereocenters. The van der Waals surface area contributed by atoms with Gasteiger partial charge in [0.1, 0.15) is 6.10 Å². The summed E-state index contributed by atoms with van der Waals surface area (Å²) in [7, 11) is 0. The van der Waals surface area contributed by atoms with Crippen LogP contribution in [-0.2, 0) is 9.53 Å². The fourth-order valence-corrected chi connectivity index (χ4v) is 10.0. The molecule has 0 bridgehead atoms. The van der Waals surface area contributed by atoms with Crippen LogP contribution in [0.5, 0.6) is 0 Å².